The van der Waals surface area contributed by atoms with Gasteiger partial charge in [-0.05, 0) is 33.7 Å². The summed E-state index contributed by atoms with van der Waals surface area (Å²) in [6.45, 7) is 8.34. The van der Waals surface area contributed by atoms with Gasteiger partial charge in [0.15, 0.2) is 0 Å². The summed E-state index contributed by atoms with van der Waals surface area (Å²) in [5, 5.41) is 0. The van der Waals surface area contributed by atoms with Gasteiger partial charge in [-0.2, -0.15) is 0 Å². The number of ether oxygens (including phenoxy) is 1. The van der Waals surface area contributed by atoms with Crippen molar-refractivity contribution < 1.29 is 4.74 Å². The van der Waals surface area contributed by atoms with Crippen molar-refractivity contribution in [2.45, 2.75) is 57.7 Å². The minimum absolute atomic E-state index is 0.0637. The highest BCUT2D eigenvalue weighted by Crippen LogP contribution is 2.20. The molecule has 0 aromatic heterocycles. The van der Waals surface area contributed by atoms with Crippen molar-refractivity contribution in [1.82, 2.24) is 4.90 Å². The molecule has 0 bridgehead atoms. The predicted molar refractivity (Wildman–Crippen MR) is 63.9 cm³/mol. The van der Waals surface area contributed by atoms with Crippen molar-refractivity contribution >= 4 is 0 Å². The summed E-state index contributed by atoms with van der Waals surface area (Å²) >= 11 is 0. The van der Waals surface area contributed by atoms with Crippen LogP contribution < -0.4 is 5.73 Å². The number of likely N-dealkylation sites (N-methyl/N-ethyl adjacent to an activating group) is 1. The zero-order valence-electron chi connectivity index (χ0n) is 10.6. The maximum absolute atomic E-state index is 6.26. The molecule has 1 heterocycles. The highest BCUT2D eigenvalue weighted by atomic mass is 16.5. The predicted octanol–water partition coefficient (Wildman–Crippen LogP) is 1.61. The number of hydrogen-bond donors (Lipinski definition) is 1. The first-order chi connectivity index (χ1) is 6.96. The molecule has 3 heteroatoms. The van der Waals surface area contributed by atoms with Gasteiger partial charge in [-0.1, -0.05) is 13.3 Å². The molecule has 1 aliphatic rings. The second kappa shape index (κ2) is 5.28. The summed E-state index contributed by atoms with van der Waals surface area (Å²) < 4.78 is 5.58. The minimum Gasteiger partial charge on any atom is -0.377 e. The number of rotatable bonds is 5. The molecule has 1 fully saturated rings. The fourth-order valence-electron chi connectivity index (χ4n) is 2.64. The molecule has 15 heavy (non-hydrogen) atoms. The fourth-order valence-corrected chi connectivity index (χ4v) is 2.64. The number of hydrogen-bond acceptors (Lipinski definition) is 3. The summed E-state index contributed by atoms with van der Waals surface area (Å²) in [7, 11) is 2.16. The normalized spacial score (nSPS) is 30.8. The van der Waals surface area contributed by atoms with E-state index in [4.69, 9.17) is 10.5 Å². The van der Waals surface area contributed by atoms with Crippen LogP contribution in [0.2, 0.25) is 0 Å². The SMILES string of the molecule is CCCC(C)(N)CN(C)C1CCOC1C. The maximum atomic E-state index is 6.26. The van der Waals surface area contributed by atoms with Crippen molar-refractivity contribution in [2.75, 3.05) is 20.2 Å². The van der Waals surface area contributed by atoms with Crippen LogP contribution in [0.3, 0.4) is 0 Å². The van der Waals surface area contributed by atoms with Crippen LogP contribution in [0.15, 0.2) is 0 Å². The quantitative estimate of drug-likeness (QED) is 0.755. The summed E-state index contributed by atoms with van der Waals surface area (Å²) in [5.41, 5.74) is 6.20. The van der Waals surface area contributed by atoms with E-state index < -0.39 is 0 Å². The molecule has 0 spiro atoms. The van der Waals surface area contributed by atoms with Gasteiger partial charge in [-0.25, -0.2) is 0 Å². The molecule has 2 N–H and O–H groups in total. The Hall–Kier alpha value is -0.120. The number of nitrogens with zero attached hydrogens (tertiary/aromatic N) is 1. The molecule has 3 unspecified atom stereocenters. The Labute approximate surface area is 94.0 Å². The molecule has 1 aliphatic heterocycles. The third kappa shape index (κ3) is 3.74. The monoisotopic (exact) mass is 214 g/mol. The molecule has 1 saturated heterocycles. The lowest BCUT2D eigenvalue weighted by Gasteiger charge is -2.34. The Morgan fingerprint density at radius 2 is 2.20 bits per heavy atom. The molecule has 0 aliphatic carbocycles. The molecule has 1 rings (SSSR count). The Bertz CT molecular complexity index is 194. The minimum atomic E-state index is -0.0637. The maximum Gasteiger partial charge on any atom is 0.0702 e. The fraction of sp³-hybridized carbons (Fsp3) is 1.00. The van der Waals surface area contributed by atoms with Gasteiger partial charge in [0.05, 0.1) is 6.10 Å². The lowest BCUT2D eigenvalue weighted by atomic mass is 9.96. The summed E-state index contributed by atoms with van der Waals surface area (Å²) in [6.07, 6.45) is 3.73. The first-order valence-corrected chi connectivity index (χ1v) is 6.07. The summed E-state index contributed by atoms with van der Waals surface area (Å²) in [6, 6.07) is 0.546. The average molecular weight is 214 g/mol. The highest BCUT2D eigenvalue weighted by Gasteiger charge is 2.30. The van der Waals surface area contributed by atoms with Crippen molar-refractivity contribution in [3.8, 4) is 0 Å². The molecular weight excluding hydrogens is 188 g/mol. The Morgan fingerprint density at radius 3 is 2.67 bits per heavy atom. The van der Waals surface area contributed by atoms with E-state index in [-0.39, 0.29) is 5.54 Å². The van der Waals surface area contributed by atoms with Crippen LogP contribution in [-0.2, 0) is 4.74 Å². The molecule has 0 saturated carbocycles. The van der Waals surface area contributed by atoms with E-state index in [2.05, 4.69) is 32.7 Å². The van der Waals surface area contributed by atoms with Crippen LogP contribution in [0.25, 0.3) is 0 Å². The van der Waals surface area contributed by atoms with Crippen molar-refractivity contribution in [3.63, 3.8) is 0 Å². The van der Waals surface area contributed by atoms with E-state index in [0.29, 0.717) is 12.1 Å². The smallest absolute Gasteiger partial charge is 0.0702 e. The Balaban J connectivity index is 2.43. The molecule has 0 aromatic rings. The van der Waals surface area contributed by atoms with E-state index >= 15 is 0 Å². The third-order valence-corrected chi connectivity index (χ3v) is 3.33. The molecule has 0 aromatic carbocycles. The van der Waals surface area contributed by atoms with Gasteiger partial charge < -0.3 is 10.5 Å². The van der Waals surface area contributed by atoms with Gasteiger partial charge in [0, 0.05) is 24.7 Å². The van der Waals surface area contributed by atoms with Gasteiger partial charge in [0.1, 0.15) is 0 Å². The van der Waals surface area contributed by atoms with Crippen LogP contribution in [-0.4, -0.2) is 42.8 Å². The van der Waals surface area contributed by atoms with Gasteiger partial charge in [0.25, 0.3) is 0 Å². The second-order valence-electron chi connectivity index (χ2n) is 5.25. The van der Waals surface area contributed by atoms with Crippen LogP contribution >= 0.6 is 0 Å². The van der Waals surface area contributed by atoms with Crippen LogP contribution in [0.4, 0.5) is 0 Å². The average Bonchev–Trinajstić information content (AvgIpc) is 2.50. The van der Waals surface area contributed by atoms with E-state index in [1.807, 2.05) is 0 Å². The molecular formula is C12H26N2O. The Morgan fingerprint density at radius 1 is 1.53 bits per heavy atom. The second-order valence-corrected chi connectivity index (χ2v) is 5.25. The van der Waals surface area contributed by atoms with Gasteiger partial charge >= 0.3 is 0 Å². The van der Waals surface area contributed by atoms with E-state index in [0.717, 1.165) is 32.4 Å². The molecule has 3 nitrogen and oxygen atoms in total. The van der Waals surface area contributed by atoms with Crippen LogP contribution in [0.5, 0.6) is 0 Å². The van der Waals surface area contributed by atoms with Crippen molar-refractivity contribution in [2.24, 2.45) is 5.73 Å². The Kier molecular flexibility index (Phi) is 4.56. The zero-order valence-corrected chi connectivity index (χ0v) is 10.6. The lowest BCUT2D eigenvalue weighted by Crippen LogP contribution is -2.50. The molecule has 3 atom stereocenters. The number of nitrogens with two attached hydrogens (primary N) is 1. The van der Waals surface area contributed by atoms with E-state index in [1.54, 1.807) is 0 Å². The molecule has 90 valence electrons. The highest BCUT2D eigenvalue weighted by molar-refractivity contribution is 4.87. The lowest BCUT2D eigenvalue weighted by molar-refractivity contribution is 0.0758. The summed E-state index contributed by atoms with van der Waals surface area (Å²) in [4.78, 5) is 2.37. The van der Waals surface area contributed by atoms with Gasteiger partial charge in [-0.3, -0.25) is 4.90 Å². The van der Waals surface area contributed by atoms with Crippen molar-refractivity contribution in [3.05, 3.63) is 0 Å². The van der Waals surface area contributed by atoms with Crippen LogP contribution in [0, 0.1) is 0 Å². The van der Waals surface area contributed by atoms with E-state index in [1.165, 1.54) is 0 Å². The van der Waals surface area contributed by atoms with Gasteiger partial charge in [-0.15, -0.1) is 0 Å². The summed E-state index contributed by atoms with van der Waals surface area (Å²) in [5.74, 6) is 0. The standard InChI is InChI=1S/C12H26N2O/c1-5-7-12(3,13)9-14(4)11-6-8-15-10(11)2/h10-11H,5-9,13H2,1-4H3. The van der Waals surface area contributed by atoms with Crippen LogP contribution in [0.1, 0.15) is 40.0 Å². The van der Waals surface area contributed by atoms with Crippen molar-refractivity contribution in [1.29, 1.82) is 0 Å². The molecule has 0 radical (unpaired) electrons. The topological polar surface area (TPSA) is 38.5 Å². The largest absolute Gasteiger partial charge is 0.377 e. The van der Waals surface area contributed by atoms with E-state index in [9.17, 15) is 0 Å². The zero-order chi connectivity index (χ0) is 11.5. The van der Waals surface area contributed by atoms with Gasteiger partial charge in [0.2, 0.25) is 0 Å². The molecule has 0 amide bonds. The third-order valence-electron chi connectivity index (χ3n) is 3.33. The first kappa shape index (κ1) is 12.9. The first-order valence-electron chi connectivity index (χ1n) is 6.07.